The fourth-order valence-corrected chi connectivity index (χ4v) is 3.28. The predicted molar refractivity (Wildman–Crippen MR) is 88.0 cm³/mol. The van der Waals surface area contributed by atoms with Crippen LogP contribution in [0.1, 0.15) is 6.92 Å². The van der Waals surface area contributed by atoms with Crippen molar-refractivity contribution < 1.29 is 49.6 Å². The van der Waals surface area contributed by atoms with Crippen molar-refractivity contribution in [3.63, 3.8) is 0 Å². The first kappa shape index (κ1) is 22.8. The van der Waals surface area contributed by atoms with Gasteiger partial charge in [0.2, 0.25) is 0 Å². The molecule has 12 heteroatoms. The van der Waals surface area contributed by atoms with Crippen LogP contribution in [0.3, 0.4) is 0 Å². The minimum Gasteiger partial charge on any atom is -0.394 e. The zero-order valence-electron chi connectivity index (χ0n) is 15.2. The fraction of sp³-hybridized carbons (Fsp3) is 1.00. The highest BCUT2D eigenvalue weighted by atomic mass is 16.7. The second kappa shape index (κ2) is 9.82. The van der Waals surface area contributed by atoms with Crippen LogP contribution in [-0.2, 0) is 18.9 Å². The predicted octanol–water partition coefficient (Wildman–Crippen LogP) is -4.84. The minimum atomic E-state index is -1.46. The molecule has 2 aliphatic rings. The van der Waals surface area contributed by atoms with Crippen LogP contribution in [-0.4, -0.2) is 118 Å². The lowest BCUT2D eigenvalue weighted by atomic mass is 9.95. The molecule has 9 N–H and O–H groups in total. The molecule has 11 atom stereocenters. The van der Waals surface area contributed by atoms with E-state index < -0.39 is 80.7 Å². The van der Waals surface area contributed by atoms with Gasteiger partial charge in [-0.15, -0.1) is 0 Å². The number of nitrogens with two attached hydrogens (primary N) is 1. The first-order chi connectivity index (χ1) is 12.7. The van der Waals surface area contributed by atoms with Crippen LogP contribution in [0, 0.1) is 0 Å². The lowest BCUT2D eigenvalue weighted by molar-refractivity contribution is -0.336. The number of aliphatic hydroxyl groups excluding tert-OH is 6. The second-order valence-electron chi connectivity index (χ2n) is 6.70. The summed E-state index contributed by atoms with van der Waals surface area (Å²) in [7, 11) is 1.34. The minimum absolute atomic E-state index is 0.538. The molecule has 2 heterocycles. The largest absolute Gasteiger partial charge is 0.394 e. The van der Waals surface area contributed by atoms with Crippen molar-refractivity contribution in [2.75, 3.05) is 20.3 Å². The molecular formula is C15H30N2O10. The van der Waals surface area contributed by atoms with Gasteiger partial charge in [0.15, 0.2) is 12.6 Å². The summed E-state index contributed by atoms with van der Waals surface area (Å²) < 4.78 is 21.7. The van der Waals surface area contributed by atoms with Gasteiger partial charge in [0, 0.05) is 7.11 Å². The Morgan fingerprint density at radius 3 is 2.11 bits per heavy atom. The Morgan fingerprint density at radius 2 is 1.59 bits per heavy atom. The Hall–Kier alpha value is -0.480. The number of nitrogens with one attached hydrogen (secondary N) is 1. The SMILES string of the molecule is COC1OC(CO)C(OC2OC(CO)C(O)C(N)C2O)C(O)C1NC(C)O. The summed E-state index contributed by atoms with van der Waals surface area (Å²) >= 11 is 0. The first-order valence-corrected chi connectivity index (χ1v) is 8.69. The fourth-order valence-electron chi connectivity index (χ4n) is 3.28. The molecule has 0 bridgehead atoms. The van der Waals surface area contributed by atoms with Crippen LogP contribution in [0.5, 0.6) is 0 Å². The third-order valence-corrected chi connectivity index (χ3v) is 4.75. The molecule has 0 aromatic heterocycles. The summed E-state index contributed by atoms with van der Waals surface area (Å²) in [5, 5.41) is 62.0. The summed E-state index contributed by atoms with van der Waals surface area (Å²) in [4.78, 5) is 0. The molecule has 0 spiro atoms. The molecule has 0 aromatic rings. The highest BCUT2D eigenvalue weighted by Crippen LogP contribution is 2.29. The van der Waals surface area contributed by atoms with Crippen molar-refractivity contribution in [1.82, 2.24) is 5.32 Å². The summed E-state index contributed by atoms with van der Waals surface area (Å²) in [5.74, 6) is 0. The topological polar surface area (TPSA) is 196 Å². The molecule has 0 saturated carbocycles. The van der Waals surface area contributed by atoms with Crippen LogP contribution < -0.4 is 11.1 Å². The van der Waals surface area contributed by atoms with Crippen molar-refractivity contribution >= 4 is 0 Å². The molecule has 160 valence electrons. The van der Waals surface area contributed by atoms with E-state index in [0.29, 0.717) is 0 Å². The third kappa shape index (κ3) is 4.93. The zero-order chi connectivity index (χ0) is 20.3. The molecule has 0 amide bonds. The van der Waals surface area contributed by atoms with Crippen molar-refractivity contribution in [2.45, 2.75) is 74.4 Å². The van der Waals surface area contributed by atoms with E-state index in [1.54, 1.807) is 0 Å². The lowest BCUT2D eigenvalue weighted by Crippen LogP contribution is -2.68. The summed E-state index contributed by atoms with van der Waals surface area (Å²) in [6.07, 6.45) is -10.8. The smallest absolute Gasteiger partial charge is 0.186 e. The second-order valence-corrected chi connectivity index (χ2v) is 6.70. The number of rotatable bonds is 7. The average molecular weight is 398 g/mol. The van der Waals surface area contributed by atoms with Crippen LogP contribution in [0.25, 0.3) is 0 Å². The Balaban J connectivity index is 2.18. The maximum Gasteiger partial charge on any atom is 0.186 e. The van der Waals surface area contributed by atoms with Crippen molar-refractivity contribution in [3.05, 3.63) is 0 Å². The van der Waals surface area contributed by atoms with Gasteiger partial charge in [-0.3, -0.25) is 5.32 Å². The van der Waals surface area contributed by atoms with E-state index in [1.807, 2.05) is 0 Å². The Bertz CT molecular complexity index is 456. The van der Waals surface area contributed by atoms with Crippen LogP contribution >= 0.6 is 0 Å². The molecule has 27 heavy (non-hydrogen) atoms. The van der Waals surface area contributed by atoms with E-state index in [9.17, 15) is 30.6 Å². The van der Waals surface area contributed by atoms with E-state index >= 15 is 0 Å². The molecule has 2 rings (SSSR count). The maximum absolute atomic E-state index is 10.7. The highest BCUT2D eigenvalue weighted by molar-refractivity contribution is 4.97. The normalized spacial score (nSPS) is 47.0. The van der Waals surface area contributed by atoms with Gasteiger partial charge in [0.05, 0.1) is 25.3 Å². The molecule has 0 aromatic carbocycles. The van der Waals surface area contributed by atoms with Crippen LogP contribution in [0.4, 0.5) is 0 Å². The van der Waals surface area contributed by atoms with Gasteiger partial charge in [-0.05, 0) is 6.92 Å². The van der Waals surface area contributed by atoms with E-state index in [1.165, 1.54) is 14.0 Å². The molecule has 2 aliphatic heterocycles. The summed E-state index contributed by atoms with van der Waals surface area (Å²) in [6.45, 7) is 0.337. The van der Waals surface area contributed by atoms with Crippen molar-refractivity contribution in [2.24, 2.45) is 5.73 Å². The Morgan fingerprint density at radius 1 is 1.00 bits per heavy atom. The van der Waals surface area contributed by atoms with Crippen molar-refractivity contribution in [3.8, 4) is 0 Å². The van der Waals surface area contributed by atoms with E-state index in [4.69, 9.17) is 24.7 Å². The Kier molecular flexibility index (Phi) is 8.30. The molecule has 11 unspecified atom stereocenters. The molecule has 2 saturated heterocycles. The quantitative estimate of drug-likeness (QED) is 0.191. The van der Waals surface area contributed by atoms with Gasteiger partial charge in [0.1, 0.15) is 42.9 Å². The standard InChI is InChI=1S/C15H30N2O10/c1-5(20)17-9-12(23)13(7(4-19)26-14(9)24-2)27-15-11(22)8(16)10(21)6(3-18)25-15/h5-15,17-23H,3-4,16H2,1-2H3. The summed E-state index contributed by atoms with van der Waals surface area (Å²) in [6, 6.07) is -2.08. The molecule has 2 fully saturated rings. The molecule has 0 radical (unpaired) electrons. The van der Waals surface area contributed by atoms with Crippen LogP contribution in [0.2, 0.25) is 0 Å². The van der Waals surface area contributed by atoms with Gasteiger partial charge in [-0.1, -0.05) is 0 Å². The number of hydrogen-bond acceptors (Lipinski definition) is 12. The number of ether oxygens (including phenoxy) is 4. The van der Waals surface area contributed by atoms with E-state index in [0.717, 1.165) is 0 Å². The van der Waals surface area contributed by atoms with Gasteiger partial charge >= 0.3 is 0 Å². The maximum atomic E-state index is 10.7. The summed E-state index contributed by atoms with van der Waals surface area (Å²) in [5.41, 5.74) is 5.74. The highest BCUT2D eigenvalue weighted by Gasteiger charge is 2.50. The molecule has 0 aliphatic carbocycles. The van der Waals surface area contributed by atoms with Crippen molar-refractivity contribution in [1.29, 1.82) is 0 Å². The third-order valence-electron chi connectivity index (χ3n) is 4.75. The number of aliphatic hydroxyl groups is 6. The van der Waals surface area contributed by atoms with Gasteiger partial charge < -0.3 is 55.3 Å². The lowest BCUT2D eigenvalue weighted by Gasteiger charge is -2.47. The first-order valence-electron chi connectivity index (χ1n) is 8.69. The monoisotopic (exact) mass is 398 g/mol. The Labute approximate surface area is 156 Å². The number of hydrogen-bond donors (Lipinski definition) is 8. The average Bonchev–Trinajstić information content (AvgIpc) is 2.64. The van der Waals surface area contributed by atoms with Gasteiger partial charge in [-0.2, -0.15) is 0 Å². The van der Waals surface area contributed by atoms with E-state index in [-0.39, 0.29) is 0 Å². The van der Waals surface area contributed by atoms with Crippen LogP contribution in [0.15, 0.2) is 0 Å². The zero-order valence-corrected chi connectivity index (χ0v) is 15.2. The molecular weight excluding hydrogens is 368 g/mol. The van der Waals surface area contributed by atoms with Gasteiger partial charge in [-0.25, -0.2) is 0 Å². The van der Waals surface area contributed by atoms with E-state index in [2.05, 4.69) is 5.32 Å². The number of methoxy groups -OCH3 is 1. The molecule has 12 nitrogen and oxygen atoms in total. The van der Waals surface area contributed by atoms with Gasteiger partial charge in [0.25, 0.3) is 0 Å².